The van der Waals surface area contributed by atoms with Gasteiger partial charge in [-0.1, -0.05) is 33.1 Å². The molecular weight excluding hydrogens is 517 g/mol. The second-order valence-corrected chi connectivity index (χ2v) is 9.06. The first-order chi connectivity index (χ1) is 18.2. The number of carbonyl (C=O) groups is 3. The maximum atomic E-state index is 12.9. The third kappa shape index (κ3) is 9.13. The van der Waals surface area contributed by atoms with Crippen molar-refractivity contribution in [2.24, 2.45) is 5.92 Å². The molecule has 4 N–H and O–H groups in total. The number of hydrogen-bond donors (Lipinski definition) is 4. The van der Waals surface area contributed by atoms with Gasteiger partial charge in [0.05, 0.1) is 25.2 Å². The fourth-order valence-corrected chi connectivity index (χ4v) is 4.28. The number of hydroxylamine groups is 2. The third-order valence-electron chi connectivity index (χ3n) is 5.79. The molecule has 2 aromatic rings. The highest BCUT2D eigenvalue weighted by molar-refractivity contribution is 7.32. The number of nitrogens with zero attached hydrogens (tertiary/aromatic N) is 1. The normalized spacial score (nSPS) is 12.7. The van der Waals surface area contributed by atoms with Crippen molar-refractivity contribution in [1.29, 1.82) is 0 Å². The molecule has 0 spiro atoms. The molecule has 1 aromatic carbocycles. The average molecular weight is 553 g/mol. The molecule has 3 unspecified atom stereocenters. The average Bonchev–Trinajstić information content (AvgIpc) is 3.38. The molecule has 0 radical (unpaired) electrons. The van der Waals surface area contributed by atoms with Crippen molar-refractivity contribution in [3.8, 4) is 22.8 Å². The van der Waals surface area contributed by atoms with Crippen LogP contribution in [0.3, 0.4) is 0 Å². The summed E-state index contributed by atoms with van der Waals surface area (Å²) in [6.07, 6.45) is 3.76. The molecule has 0 fully saturated rings. The Morgan fingerprint density at radius 3 is 2.50 bits per heavy atom. The Kier molecular flexibility index (Phi) is 12.7. The van der Waals surface area contributed by atoms with E-state index in [1.54, 1.807) is 26.0 Å². The fraction of sp³-hybridized carbons (Fsp3) is 0.480. The lowest BCUT2D eigenvalue weighted by Gasteiger charge is -2.29. The van der Waals surface area contributed by atoms with Crippen LogP contribution in [0, 0.1) is 5.92 Å². The van der Waals surface area contributed by atoms with E-state index in [9.17, 15) is 24.2 Å². The summed E-state index contributed by atoms with van der Waals surface area (Å²) in [5.74, 6) is -0.878. The molecule has 38 heavy (non-hydrogen) atoms. The molecule has 2 rings (SSSR count). The zero-order chi connectivity index (χ0) is 28.1. The van der Waals surface area contributed by atoms with Gasteiger partial charge >= 0.3 is 8.25 Å². The summed E-state index contributed by atoms with van der Waals surface area (Å²) in [6, 6.07) is 6.87. The second kappa shape index (κ2) is 15.7. The molecule has 0 aliphatic heterocycles. The first kappa shape index (κ1) is 30.8. The number of rotatable bonds is 17. The first-order valence-electron chi connectivity index (χ1n) is 12.4. The van der Waals surface area contributed by atoms with Crippen LogP contribution in [0.4, 0.5) is 0 Å². The van der Waals surface area contributed by atoms with Gasteiger partial charge in [-0.3, -0.25) is 19.6 Å². The molecule has 0 saturated carbocycles. The van der Waals surface area contributed by atoms with Gasteiger partial charge in [0.15, 0.2) is 11.5 Å². The summed E-state index contributed by atoms with van der Waals surface area (Å²) in [5.41, 5.74) is 0.458. The number of hydrogen-bond acceptors (Lipinski definition) is 8. The smallest absolute Gasteiger partial charge is 0.494 e. The number of unbranched alkanes of at least 4 members (excludes halogenated alkanes) is 2. The fourth-order valence-electron chi connectivity index (χ4n) is 4.00. The molecule has 0 aliphatic rings. The molecule has 3 atom stereocenters. The van der Waals surface area contributed by atoms with Gasteiger partial charge in [-0.15, -0.1) is 4.89 Å². The van der Waals surface area contributed by atoms with Gasteiger partial charge in [0, 0.05) is 16.2 Å². The van der Waals surface area contributed by atoms with Gasteiger partial charge in [0.2, 0.25) is 12.3 Å². The predicted molar refractivity (Wildman–Crippen MR) is 138 cm³/mol. The van der Waals surface area contributed by atoms with Crippen LogP contribution in [-0.2, 0) is 14.2 Å². The van der Waals surface area contributed by atoms with E-state index in [0.717, 1.165) is 19.3 Å². The summed E-state index contributed by atoms with van der Waals surface area (Å²) in [6.45, 7) is 5.76. The van der Waals surface area contributed by atoms with E-state index in [2.05, 4.69) is 10.6 Å². The molecular formula is C25H35N3O9P+. The SMILES string of the molecule is CCCCCC(C(=O)NCNC(=O)c1ccc(-c2cc(OCC)cc(O[P+](=O)O)c2)o1)C(CC)N(O)C=O. The van der Waals surface area contributed by atoms with Crippen LogP contribution in [0.25, 0.3) is 11.3 Å². The number of furan rings is 1. The molecule has 0 bridgehead atoms. The Morgan fingerprint density at radius 2 is 1.87 bits per heavy atom. The molecule has 208 valence electrons. The van der Waals surface area contributed by atoms with Crippen LogP contribution in [0.15, 0.2) is 34.7 Å². The number of nitrogens with one attached hydrogen (secondary N) is 2. The van der Waals surface area contributed by atoms with Crippen molar-refractivity contribution in [3.05, 3.63) is 36.1 Å². The summed E-state index contributed by atoms with van der Waals surface area (Å²) < 4.78 is 27.1. The number of ether oxygens (including phenoxy) is 1. The first-order valence-corrected chi connectivity index (χ1v) is 13.6. The van der Waals surface area contributed by atoms with Gasteiger partial charge < -0.3 is 19.8 Å². The van der Waals surface area contributed by atoms with E-state index in [4.69, 9.17) is 18.6 Å². The van der Waals surface area contributed by atoms with Crippen LogP contribution in [-0.4, -0.2) is 52.7 Å². The van der Waals surface area contributed by atoms with Gasteiger partial charge in [0.1, 0.15) is 11.5 Å². The van der Waals surface area contributed by atoms with Crippen molar-refractivity contribution in [2.75, 3.05) is 13.3 Å². The van der Waals surface area contributed by atoms with Crippen molar-refractivity contribution >= 4 is 26.5 Å². The summed E-state index contributed by atoms with van der Waals surface area (Å²) in [7, 11) is -2.89. The zero-order valence-corrected chi connectivity index (χ0v) is 22.6. The topological polar surface area (TPSA) is 168 Å². The van der Waals surface area contributed by atoms with E-state index < -0.39 is 32.0 Å². The van der Waals surface area contributed by atoms with Crippen molar-refractivity contribution < 1.29 is 42.7 Å². The number of benzene rings is 1. The minimum absolute atomic E-state index is 0.0276. The Labute approximate surface area is 222 Å². The molecule has 0 saturated heterocycles. The van der Waals surface area contributed by atoms with Gasteiger partial charge in [-0.2, -0.15) is 0 Å². The van der Waals surface area contributed by atoms with Gasteiger partial charge in [-0.05, 0) is 44.0 Å². The highest BCUT2D eigenvalue weighted by Crippen LogP contribution is 2.34. The van der Waals surface area contributed by atoms with E-state index in [0.29, 0.717) is 35.8 Å². The van der Waals surface area contributed by atoms with Crippen LogP contribution in [0.5, 0.6) is 11.5 Å². The largest absolute Gasteiger partial charge is 0.747 e. The van der Waals surface area contributed by atoms with Crippen molar-refractivity contribution in [1.82, 2.24) is 15.7 Å². The Balaban J connectivity index is 2.06. The second-order valence-electron chi connectivity index (χ2n) is 8.41. The molecule has 0 aliphatic carbocycles. The van der Waals surface area contributed by atoms with Crippen molar-refractivity contribution in [2.45, 2.75) is 58.9 Å². The van der Waals surface area contributed by atoms with Crippen LogP contribution in [0.1, 0.15) is 63.4 Å². The molecule has 13 heteroatoms. The summed E-state index contributed by atoms with van der Waals surface area (Å²) in [5, 5.41) is 15.6. The molecule has 1 heterocycles. The Bertz CT molecular complexity index is 1090. The van der Waals surface area contributed by atoms with Crippen molar-refractivity contribution in [3.63, 3.8) is 0 Å². The highest BCUT2D eigenvalue weighted by Gasteiger charge is 2.30. The minimum Gasteiger partial charge on any atom is -0.494 e. The van der Waals surface area contributed by atoms with Crippen LogP contribution < -0.4 is 19.9 Å². The lowest BCUT2D eigenvalue weighted by Crippen LogP contribution is -2.47. The zero-order valence-electron chi connectivity index (χ0n) is 21.7. The lowest BCUT2D eigenvalue weighted by molar-refractivity contribution is -0.168. The third-order valence-corrected chi connectivity index (χ3v) is 6.15. The van der Waals surface area contributed by atoms with E-state index in [1.165, 1.54) is 18.2 Å². The van der Waals surface area contributed by atoms with Gasteiger partial charge in [-0.25, -0.2) is 9.59 Å². The maximum Gasteiger partial charge on any atom is 0.747 e. The minimum atomic E-state index is -2.89. The quantitative estimate of drug-likeness (QED) is 0.0566. The van der Waals surface area contributed by atoms with E-state index in [1.807, 2.05) is 6.92 Å². The predicted octanol–water partition coefficient (Wildman–Crippen LogP) is 4.00. The Morgan fingerprint density at radius 1 is 1.13 bits per heavy atom. The maximum absolute atomic E-state index is 12.9. The monoisotopic (exact) mass is 552 g/mol. The standard InChI is InChI=1S/C25H34N3O9P/c1-4-7-8-9-20(21(5-2)28(32)16-29)24(30)26-15-27-25(31)23-11-10-22(36-23)17-12-18(35-6-3)14-19(13-17)37-38(33)34/h10-14,16,20-21,32H,4-9,15H2,1-3H3,(H2-,26,27,30,31,33,34)/p+1. The molecule has 3 amide bonds. The summed E-state index contributed by atoms with van der Waals surface area (Å²) >= 11 is 0. The summed E-state index contributed by atoms with van der Waals surface area (Å²) in [4.78, 5) is 45.6. The molecule has 12 nitrogen and oxygen atoms in total. The van der Waals surface area contributed by atoms with E-state index >= 15 is 0 Å². The highest BCUT2D eigenvalue weighted by atomic mass is 31.1. The van der Waals surface area contributed by atoms with Gasteiger partial charge in [0.25, 0.3) is 5.91 Å². The Hall–Kier alpha value is -3.47. The van der Waals surface area contributed by atoms with Crippen LogP contribution in [0.2, 0.25) is 0 Å². The lowest BCUT2D eigenvalue weighted by atomic mass is 9.90. The number of amides is 3. The van der Waals surface area contributed by atoms with E-state index in [-0.39, 0.29) is 30.3 Å². The van der Waals surface area contributed by atoms with Crippen LogP contribution >= 0.6 is 8.25 Å². The molecule has 1 aromatic heterocycles. The number of carbonyl (C=O) groups excluding carboxylic acids is 3.